The van der Waals surface area contributed by atoms with Crippen LogP contribution in [0.4, 0.5) is 0 Å². The van der Waals surface area contributed by atoms with Crippen LogP contribution in [0.2, 0.25) is 0 Å². The minimum Gasteiger partial charge on any atom is -0.134 e. The third-order valence-corrected chi connectivity index (χ3v) is 5.31. The Labute approximate surface area is 104 Å². The molecule has 0 rings (SSSR count). The van der Waals surface area contributed by atoms with Crippen molar-refractivity contribution >= 4 is 45.1 Å². The molecule has 0 aliphatic carbocycles. The standard InChI is InChI=1S/C10H16S4/c1-3-11-8-6-5-7-9-13-14-10-12-4-2/h3-5,7H,1-2,6,8-10H2. The summed E-state index contributed by atoms with van der Waals surface area (Å²) in [5.41, 5.74) is 0. The molecule has 0 nitrogen and oxygen atoms in total. The van der Waals surface area contributed by atoms with E-state index in [0.29, 0.717) is 0 Å². The third kappa shape index (κ3) is 12.6. The first kappa shape index (κ1) is 14.6. The van der Waals surface area contributed by atoms with Crippen LogP contribution in [-0.2, 0) is 0 Å². The fourth-order valence-electron chi connectivity index (χ4n) is 0.603. The predicted octanol–water partition coefficient (Wildman–Crippen LogP) is 5.03. The Morgan fingerprint density at radius 1 is 0.929 bits per heavy atom. The number of hydrogen-bond acceptors (Lipinski definition) is 4. The summed E-state index contributed by atoms with van der Waals surface area (Å²) in [6, 6.07) is 0. The highest BCUT2D eigenvalue weighted by atomic mass is 33.1. The van der Waals surface area contributed by atoms with Crippen LogP contribution in [0.5, 0.6) is 0 Å². The normalized spacial score (nSPS) is 10.6. The molecule has 14 heavy (non-hydrogen) atoms. The summed E-state index contributed by atoms with van der Waals surface area (Å²) in [5.74, 6) is 2.24. The molecule has 80 valence electrons. The summed E-state index contributed by atoms with van der Waals surface area (Å²) in [6.45, 7) is 7.31. The Morgan fingerprint density at radius 3 is 2.43 bits per heavy atom. The van der Waals surface area contributed by atoms with Crippen molar-refractivity contribution in [2.45, 2.75) is 6.42 Å². The summed E-state index contributed by atoms with van der Waals surface area (Å²) in [4.78, 5) is 0. The summed E-state index contributed by atoms with van der Waals surface area (Å²) in [5, 5.41) is 4.87. The van der Waals surface area contributed by atoms with Gasteiger partial charge in [-0.15, -0.1) is 23.5 Å². The lowest BCUT2D eigenvalue weighted by molar-refractivity contribution is 1.24. The number of allylic oxidation sites excluding steroid dienone is 1. The minimum atomic E-state index is 1.09. The van der Waals surface area contributed by atoms with Gasteiger partial charge < -0.3 is 0 Å². The topological polar surface area (TPSA) is 0 Å². The van der Waals surface area contributed by atoms with Crippen LogP contribution < -0.4 is 0 Å². The quantitative estimate of drug-likeness (QED) is 0.235. The molecular formula is C10H16S4. The number of rotatable bonds is 10. The van der Waals surface area contributed by atoms with Crippen molar-refractivity contribution in [2.24, 2.45) is 0 Å². The smallest absolute Gasteiger partial charge is 0.0537 e. The Morgan fingerprint density at radius 2 is 1.71 bits per heavy atom. The third-order valence-electron chi connectivity index (χ3n) is 1.17. The SMILES string of the molecule is C=CSCCC=CCSSCSC=C. The molecule has 0 fully saturated rings. The second-order valence-corrected chi connectivity index (χ2v) is 7.05. The molecule has 0 heterocycles. The molecule has 0 unspecified atom stereocenters. The summed E-state index contributed by atoms with van der Waals surface area (Å²) in [6.07, 6.45) is 5.62. The molecule has 0 amide bonds. The van der Waals surface area contributed by atoms with Gasteiger partial charge in [0, 0.05) is 11.5 Å². The zero-order valence-corrected chi connectivity index (χ0v) is 11.5. The van der Waals surface area contributed by atoms with Crippen LogP contribution in [0.3, 0.4) is 0 Å². The second kappa shape index (κ2) is 13.6. The highest BCUT2D eigenvalue weighted by molar-refractivity contribution is 8.78. The minimum absolute atomic E-state index is 1.09. The fraction of sp³-hybridized carbons (Fsp3) is 0.400. The van der Waals surface area contributed by atoms with E-state index in [2.05, 4.69) is 25.3 Å². The molecule has 0 aliphatic heterocycles. The predicted molar refractivity (Wildman–Crippen MR) is 79.1 cm³/mol. The second-order valence-electron chi connectivity index (χ2n) is 2.15. The maximum absolute atomic E-state index is 3.66. The first-order chi connectivity index (χ1) is 6.91. The van der Waals surface area contributed by atoms with Crippen LogP contribution in [0.25, 0.3) is 0 Å². The van der Waals surface area contributed by atoms with Gasteiger partial charge >= 0.3 is 0 Å². The van der Waals surface area contributed by atoms with Crippen molar-refractivity contribution in [3.63, 3.8) is 0 Å². The molecule has 0 saturated heterocycles. The van der Waals surface area contributed by atoms with Gasteiger partial charge in [0.05, 0.1) is 5.08 Å². The molecular weight excluding hydrogens is 248 g/mol. The first-order valence-electron chi connectivity index (χ1n) is 4.26. The Hall–Kier alpha value is 0.620. The fourth-order valence-corrected chi connectivity index (χ4v) is 3.87. The molecule has 0 aromatic rings. The van der Waals surface area contributed by atoms with Crippen LogP contribution in [-0.4, -0.2) is 16.6 Å². The van der Waals surface area contributed by atoms with E-state index in [0.717, 1.165) is 23.0 Å². The molecule has 0 aromatic heterocycles. The van der Waals surface area contributed by atoms with Crippen LogP contribution in [0, 0.1) is 0 Å². The number of hydrogen-bond donors (Lipinski definition) is 0. The van der Waals surface area contributed by atoms with Gasteiger partial charge in [-0.05, 0) is 17.2 Å². The molecule has 0 aromatic carbocycles. The van der Waals surface area contributed by atoms with E-state index in [4.69, 9.17) is 0 Å². The average molecular weight is 265 g/mol. The van der Waals surface area contributed by atoms with Gasteiger partial charge in [-0.3, -0.25) is 0 Å². The molecule has 0 atom stereocenters. The van der Waals surface area contributed by atoms with Gasteiger partial charge in [-0.25, -0.2) is 0 Å². The van der Waals surface area contributed by atoms with Crippen molar-refractivity contribution in [3.05, 3.63) is 36.1 Å². The lowest BCUT2D eigenvalue weighted by Gasteiger charge is -1.94. The molecule has 0 spiro atoms. The van der Waals surface area contributed by atoms with E-state index < -0.39 is 0 Å². The summed E-state index contributed by atoms with van der Waals surface area (Å²) >= 11 is 3.52. The lowest BCUT2D eigenvalue weighted by atomic mass is 10.4. The van der Waals surface area contributed by atoms with E-state index in [1.165, 1.54) is 0 Å². The molecule has 0 N–H and O–H groups in total. The molecule has 0 saturated carbocycles. The highest BCUT2D eigenvalue weighted by Crippen LogP contribution is 2.25. The molecule has 0 bridgehead atoms. The molecule has 4 heteroatoms. The summed E-state index contributed by atoms with van der Waals surface area (Å²) < 4.78 is 0. The highest BCUT2D eigenvalue weighted by Gasteiger charge is 1.85. The van der Waals surface area contributed by atoms with E-state index in [1.807, 2.05) is 32.4 Å². The average Bonchev–Trinajstić information content (AvgIpc) is 2.21. The van der Waals surface area contributed by atoms with Crippen molar-refractivity contribution in [3.8, 4) is 0 Å². The van der Waals surface area contributed by atoms with Crippen molar-refractivity contribution in [2.75, 3.05) is 16.6 Å². The zero-order chi connectivity index (χ0) is 10.5. The largest absolute Gasteiger partial charge is 0.134 e. The van der Waals surface area contributed by atoms with E-state index >= 15 is 0 Å². The van der Waals surface area contributed by atoms with E-state index in [-0.39, 0.29) is 0 Å². The summed E-state index contributed by atoms with van der Waals surface area (Å²) in [7, 11) is 3.77. The Bertz CT molecular complexity index is 166. The van der Waals surface area contributed by atoms with Crippen molar-refractivity contribution in [1.29, 1.82) is 0 Å². The van der Waals surface area contributed by atoms with Gasteiger partial charge in [-0.2, -0.15) is 0 Å². The zero-order valence-electron chi connectivity index (χ0n) is 8.19. The number of thioether (sulfide) groups is 2. The van der Waals surface area contributed by atoms with Crippen molar-refractivity contribution < 1.29 is 0 Å². The van der Waals surface area contributed by atoms with Crippen molar-refractivity contribution in [1.82, 2.24) is 0 Å². The van der Waals surface area contributed by atoms with E-state index in [9.17, 15) is 0 Å². The first-order valence-corrected chi connectivity index (χ1v) is 8.84. The molecule has 0 radical (unpaired) electrons. The maximum Gasteiger partial charge on any atom is 0.0537 e. The Balaban J connectivity index is 3.02. The molecule has 0 aliphatic rings. The van der Waals surface area contributed by atoms with Gasteiger partial charge in [0.2, 0.25) is 0 Å². The van der Waals surface area contributed by atoms with Gasteiger partial charge in [0.1, 0.15) is 0 Å². The van der Waals surface area contributed by atoms with Gasteiger partial charge in [-0.1, -0.05) is 46.9 Å². The van der Waals surface area contributed by atoms with Gasteiger partial charge in [0.15, 0.2) is 0 Å². The van der Waals surface area contributed by atoms with Crippen LogP contribution in [0.15, 0.2) is 36.1 Å². The Kier molecular flexibility index (Phi) is 14.2. The van der Waals surface area contributed by atoms with Crippen LogP contribution in [0.1, 0.15) is 6.42 Å². The van der Waals surface area contributed by atoms with Gasteiger partial charge in [0.25, 0.3) is 0 Å². The van der Waals surface area contributed by atoms with E-state index in [1.54, 1.807) is 23.5 Å². The lowest BCUT2D eigenvalue weighted by Crippen LogP contribution is -1.72. The monoisotopic (exact) mass is 264 g/mol. The van der Waals surface area contributed by atoms with Crippen LogP contribution >= 0.6 is 45.1 Å². The maximum atomic E-state index is 3.66.